The van der Waals surface area contributed by atoms with Gasteiger partial charge in [0.25, 0.3) is 0 Å². The van der Waals surface area contributed by atoms with Crippen LogP contribution in [0.5, 0.6) is 0 Å². The number of fused-ring (bicyclic) bond motifs is 1. The van der Waals surface area contributed by atoms with Crippen LogP contribution < -0.4 is 4.84 Å². The Labute approximate surface area is 123 Å². The molecule has 0 saturated carbocycles. The summed E-state index contributed by atoms with van der Waals surface area (Å²) < 4.78 is 0. The highest BCUT2D eigenvalue weighted by Gasteiger charge is 2.32. The van der Waals surface area contributed by atoms with E-state index in [0.717, 1.165) is 31.7 Å². The van der Waals surface area contributed by atoms with E-state index in [1.165, 1.54) is 30.5 Å². The summed E-state index contributed by atoms with van der Waals surface area (Å²) >= 11 is 0. The minimum Gasteiger partial charge on any atom is -0.359 e. The van der Waals surface area contributed by atoms with Gasteiger partial charge in [0, 0.05) is 32.4 Å². The first-order chi connectivity index (χ1) is 10.4. The third-order valence-corrected chi connectivity index (χ3v) is 4.29. The van der Waals surface area contributed by atoms with Gasteiger partial charge in [-0.05, 0) is 43.0 Å². The van der Waals surface area contributed by atoms with Crippen LogP contribution in [0.15, 0.2) is 18.3 Å². The third kappa shape index (κ3) is 2.47. The molecule has 2 aromatic heterocycles. The molecule has 112 valence electrons. The maximum Gasteiger partial charge on any atom is 0.238 e. The molecule has 7 heteroatoms. The van der Waals surface area contributed by atoms with Crippen LogP contribution in [0, 0.1) is 0 Å². The van der Waals surface area contributed by atoms with E-state index in [4.69, 9.17) is 4.84 Å². The monoisotopic (exact) mass is 288 g/mol. The molecule has 2 aliphatic rings. The van der Waals surface area contributed by atoms with Crippen molar-refractivity contribution in [2.75, 3.05) is 26.2 Å². The molecule has 2 fully saturated rings. The van der Waals surface area contributed by atoms with Crippen molar-refractivity contribution in [2.45, 2.75) is 32.0 Å². The molecule has 2 aromatic rings. The fourth-order valence-electron chi connectivity index (χ4n) is 3.20. The largest absolute Gasteiger partial charge is 0.359 e. The molecule has 0 unspecified atom stereocenters. The van der Waals surface area contributed by atoms with Gasteiger partial charge in [-0.15, -0.1) is 5.10 Å². The lowest BCUT2D eigenvalue weighted by atomic mass is 10.4. The average Bonchev–Trinajstić information content (AvgIpc) is 3.26. The smallest absolute Gasteiger partial charge is 0.238 e. The molecule has 2 saturated heterocycles. The SMILES string of the molecule is c1cnc2nnn(OC(N3CCCC3)N3CCCC3)c2c1. The Morgan fingerprint density at radius 3 is 2.33 bits per heavy atom. The molecular weight excluding hydrogens is 268 g/mol. The van der Waals surface area contributed by atoms with Gasteiger partial charge in [0.2, 0.25) is 12.0 Å². The molecule has 4 heterocycles. The van der Waals surface area contributed by atoms with Crippen LogP contribution in [0.25, 0.3) is 11.2 Å². The Kier molecular flexibility index (Phi) is 3.44. The molecule has 0 radical (unpaired) electrons. The van der Waals surface area contributed by atoms with Crippen molar-refractivity contribution in [2.24, 2.45) is 0 Å². The Balaban J connectivity index is 1.61. The van der Waals surface area contributed by atoms with Crippen LogP contribution in [0.4, 0.5) is 0 Å². The first kappa shape index (κ1) is 13.0. The van der Waals surface area contributed by atoms with Crippen LogP contribution in [-0.2, 0) is 0 Å². The zero-order chi connectivity index (χ0) is 14.1. The second-order valence-electron chi connectivity index (χ2n) is 5.73. The second-order valence-corrected chi connectivity index (χ2v) is 5.73. The molecular formula is C14H20N6O. The van der Waals surface area contributed by atoms with Crippen molar-refractivity contribution in [3.8, 4) is 0 Å². The second kappa shape index (κ2) is 5.57. The molecule has 21 heavy (non-hydrogen) atoms. The lowest BCUT2D eigenvalue weighted by Crippen LogP contribution is -2.52. The normalized spacial score (nSPS) is 20.8. The van der Waals surface area contributed by atoms with E-state index in [1.807, 2.05) is 12.1 Å². The van der Waals surface area contributed by atoms with E-state index in [0.29, 0.717) is 5.65 Å². The van der Waals surface area contributed by atoms with E-state index in [2.05, 4.69) is 25.1 Å². The predicted octanol–water partition coefficient (Wildman–Crippen LogP) is 0.730. The van der Waals surface area contributed by atoms with E-state index in [-0.39, 0.29) is 6.35 Å². The molecule has 7 nitrogen and oxygen atoms in total. The van der Waals surface area contributed by atoms with Crippen LogP contribution in [0.1, 0.15) is 25.7 Å². The van der Waals surface area contributed by atoms with E-state index in [1.54, 1.807) is 6.20 Å². The topological polar surface area (TPSA) is 59.3 Å². The number of hydrogen-bond acceptors (Lipinski definition) is 6. The van der Waals surface area contributed by atoms with Gasteiger partial charge >= 0.3 is 0 Å². The van der Waals surface area contributed by atoms with Crippen LogP contribution in [0.3, 0.4) is 0 Å². The Morgan fingerprint density at radius 2 is 1.67 bits per heavy atom. The van der Waals surface area contributed by atoms with Gasteiger partial charge in [-0.25, -0.2) is 4.98 Å². The minimum atomic E-state index is -0.0416. The molecule has 0 atom stereocenters. The van der Waals surface area contributed by atoms with Crippen molar-refractivity contribution < 1.29 is 4.84 Å². The minimum absolute atomic E-state index is 0.0416. The van der Waals surface area contributed by atoms with E-state index >= 15 is 0 Å². The molecule has 0 bridgehead atoms. The molecule has 4 rings (SSSR count). The van der Waals surface area contributed by atoms with Gasteiger partial charge in [-0.1, -0.05) is 4.85 Å². The van der Waals surface area contributed by atoms with Crippen LogP contribution in [0.2, 0.25) is 0 Å². The maximum absolute atomic E-state index is 6.19. The molecule has 0 aliphatic carbocycles. The van der Waals surface area contributed by atoms with Gasteiger partial charge in [-0.3, -0.25) is 9.80 Å². The zero-order valence-corrected chi connectivity index (χ0v) is 12.1. The number of likely N-dealkylation sites (tertiary alicyclic amines) is 2. The fraction of sp³-hybridized carbons (Fsp3) is 0.643. The summed E-state index contributed by atoms with van der Waals surface area (Å²) in [6.07, 6.45) is 6.65. The Hall–Kier alpha value is -1.73. The predicted molar refractivity (Wildman–Crippen MR) is 77.3 cm³/mol. The summed E-state index contributed by atoms with van der Waals surface area (Å²) in [5.74, 6) is 0. The summed E-state index contributed by atoms with van der Waals surface area (Å²) in [5.41, 5.74) is 1.44. The number of pyridine rings is 1. The first-order valence-electron chi connectivity index (χ1n) is 7.73. The summed E-state index contributed by atoms with van der Waals surface area (Å²) in [6, 6.07) is 3.82. The maximum atomic E-state index is 6.19. The first-order valence-corrected chi connectivity index (χ1v) is 7.73. The Morgan fingerprint density at radius 1 is 1.00 bits per heavy atom. The summed E-state index contributed by atoms with van der Waals surface area (Å²) in [6.45, 7) is 4.36. The number of hydrogen-bond donors (Lipinski definition) is 0. The summed E-state index contributed by atoms with van der Waals surface area (Å²) in [7, 11) is 0. The van der Waals surface area contributed by atoms with Crippen molar-refractivity contribution in [1.29, 1.82) is 0 Å². The highest BCUT2D eigenvalue weighted by molar-refractivity contribution is 5.68. The average molecular weight is 288 g/mol. The molecule has 0 spiro atoms. The molecule has 0 N–H and O–H groups in total. The Bertz CT molecular complexity index is 586. The van der Waals surface area contributed by atoms with Gasteiger partial charge in [-0.2, -0.15) is 0 Å². The van der Waals surface area contributed by atoms with Gasteiger partial charge in [0.05, 0.1) is 0 Å². The van der Waals surface area contributed by atoms with Gasteiger partial charge < -0.3 is 4.84 Å². The highest BCUT2D eigenvalue weighted by Crippen LogP contribution is 2.19. The van der Waals surface area contributed by atoms with Gasteiger partial charge in [0.1, 0.15) is 5.52 Å². The zero-order valence-electron chi connectivity index (χ0n) is 12.1. The van der Waals surface area contributed by atoms with Gasteiger partial charge in [0.15, 0.2) is 0 Å². The lowest BCUT2D eigenvalue weighted by Gasteiger charge is -2.33. The number of nitrogens with zero attached hydrogens (tertiary/aromatic N) is 6. The third-order valence-electron chi connectivity index (χ3n) is 4.29. The highest BCUT2D eigenvalue weighted by atomic mass is 16.7. The summed E-state index contributed by atoms with van der Waals surface area (Å²) in [4.78, 5) is 16.7. The molecule has 2 aliphatic heterocycles. The van der Waals surface area contributed by atoms with Crippen molar-refractivity contribution >= 4 is 11.2 Å². The van der Waals surface area contributed by atoms with Crippen molar-refractivity contribution in [3.63, 3.8) is 0 Å². The molecule has 0 aromatic carbocycles. The van der Waals surface area contributed by atoms with E-state index in [9.17, 15) is 0 Å². The fourth-order valence-corrected chi connectivity index (χ4v) is 3.20. The van der Waals surface area contributed by atoms with Crippen molar-refractivity contribution in [1.82, 2.24) is 29.9 Å². The number of aromatic nitrogens is 4. The van der Waals surface area contributed by atoms with E-state index < -0.39 is 0 Å². The quantitative estimate of drug-likeness (QED) is 0.826. The van der Waals surface area contributed by atoms with Crippen molar-refractivity contribution in [3.05, 3.63) is 18.3 Å². The van der Waals surface area contributed by atoms with Crippen LogP contribution in [-0.4, -0.2) is 62.5 Å². The molecule has 0 amide bonds. The van der Waals surface area contributed by atoms with Crippen LogP contribution >= 0.6 is 0 Å². The standard InChI is InChI=1S/C14H20N6O/c1-2-9-18(8-1)14(19-10-3-4-11-19)21-20-12-6-5-7-15-13(12)16-17-20/h5-7,14H,1-4,8-11H2. The lowest BCUT2D eigenvalue weighted by molar-refractivity contribution is -0.149. The summed E-state index contributed by atoms with van der Waals surface area (Å²) in [5, 5.41) is 8.17. The number of rotatable bonds is 4.